The second-order valence-electron chi connectivity index (χ2n) is 5.33. The van der Waals surface area contributed by atoms with E-state index in [9.17, 15) is 4.79 Å². The second kappa shape index (κ2) is 9.22. The highest BCUT2D eigenvalue weighted by molar-refractivity contribution is 7.80. The maximum atomic E-state index is 12.0. The Hall–Kier alpha value is -1.86. The predicted molar refractivity (Wildman–Crippen MR) is 92.0 cm³/mol. The molecule has 0 atom stereocenters. The van der Waals surface area contributed by atoms with Crippen LogP contribution >= 0.6 is 12.2 Å². The average molecular weight is 324 g/mol. The van der Waals surface area contributed by atoms with Gasteiger partial charge in [0.05, 0.1) is 6.10 Å². The Morgan fingerprint density at radius 2 is 1.86 bits per heavy atom. The Balaban J connectivity index is 2.37. The van der Waals surface area contributed by atoms with Gasteiger partial charge in [0.2, 0.25) is 0 Å². The van der Waals surface area contributed by atoms with E-state index in [2.05, 4.69) is 16.2 Å². The molecule has 7 heteroatoms. The number of hydrogen-bond donors (Lipinski definition) is 3. The molecule has 1 aromatic rings. The van der Waals surface area contributed by atoms with Gasteiger partial charge in [0.1, 0.15) is 5.75 Å². The standard InChI is InChI=1S/C15H24N4O2S/c1-11(2)21-13-7-5-12(6-8-13)14(20)17-18-15(22)16-9-10-19(3)4/h5-8,11H,9-10H2,1-4H3,(H,17,20)(H2,16,18,22). The minimum Gasteiger partial charge on any atom is -0.491 e. The molecule has 0 aliphatic rings. The fraction of sp³-hybridized carbons (Fsp3) is 0.467. The third-order valence-electron chi connectivity index (χ3n) is 2.62. The zero-order valence-corrected chi connectivity index (χ0v) is 14.3. The summed E-state index contributed by atoms with van der Waals surface area (Å²) in [6.45, 7) is 5.46. The van der Waals surface area contributed by atoms with Crippen molar-refractivity contribution in [3.63, 3.8) is 0 Å². The average Bonchev–Trinajstić information content (AvgIpc) is 2.44. The minimum absolute atomic E-state index is 0.104. The van der Waals surface area contributed by atoms with Crippen LogP contribution in [0.4, 0.5) is 0 Å². The maximum Gasteiger partial charge on any atom is 0.269 e. The van der Waals surface area contributed by atoms with Crippen molar-refractivity contribution in [2.45, 2.75) is 20.0 Å². The summed E-state index contributed by atoms with van der Waals surface area (Å²) in [4.78, 5) is 14.0. The summed E-state index contributed by atoms with van der Waals surface area (Å²) in [5.74, 6) is 0.480. The molecule has 0 saturated heterocycles. The number of nitrogens with zero attached hydrogens (tertiary/aromatic N) is 1. The molecule has 0 bridgehead atoms. The van der Waals surface area contributed by atoms with Gasteiger partial charge in [-0.2, -0.15) is 0 Å². The van der Waals surface area contributed by atoms with Crippen molar-refractivity contribution in [3.05, 3.63) is 29.8 Å². The largest absolute Gasteiger partial charge is 0.491 e. The second-order valence-corrected chi connectivity index (χ2v) is 5.74. The van der Waals surface area contributed by atoms with Crippen LogP contribution in [0.5, 0.6) is 5.75 Å². The van der Waals surface area contributed by atoms with E-state index < -0.39 is 0 Å². The molecule has 1 amide bonds. The Kier molecular flexibility index (Phi) is 7.62. The highest BCUT2D eigenvalue weighted by atomic mass is 32.1. The third-order valence-corrected chi connectivity index (χ3v) is 2.87. The number of nitrogens with one attached hydrogen (secondary N) is 3. The summed E-state index contributed by atoms with van der Waals surface area (Å²) in [5.41, 5.74) is 5.75. The van der Waals surface area contributed by atoms with Gasteiger partial charge in [0, 0.05) is 18.7 Å². The van der Waals surface area contributed by atoms with Crippen molar-refractivity contribution in [1.82, 2.24) is 21.1 Å². The molecular formula is C15H24N4O2S. The van der Waals surface area contributed by atoms with Crippen molar-refractivity contribution in [3.8, 4) is 5.75 Å². The summed E-state index contributed by atoms with van der Waals surface area (Å²) >= 11 is 5.07. The van der Waals surface area contributed by atoms with Crippen molar-refractivity contribution in [2.75, 3.05) is 27.2 Å². The van der Waals surface area contributed by atoms with Crippen LogP contribution in [-0.2, 0) is 0 Å². The number of likely N-dealkylation sites (N-methyl/N-ethyl adjacent to an activating group) is 1. The molecule has 0 radical (unpaired) electrons. The molecule has 122 valence electrons. The first-order chi connectivity index (χ1) is 10.4. The monoisotopic (exact) mass is 324 g/mol. The number of ether oxygens (including phenoxy) is 1. The maximum absolute atomic E-state index is 12.0. The van der Waals surface area contributed by atoms with Gasteiger partial charge in [0.15, 0.2) is 5.11 Å². The zero-order chi connectivity index (χ0) is 16.5. The van der Waals surface area contributed by atoms with Gasteiger partial charge in [-0.15, -0.1) is 0 Å². The number of amides is 1. The topological polar surface area (TPSA) is 65.6 Å². The molecular weight excluding hydrogens is 300 g/mol. The van der Waals surface area contributed by atoms with Crippen molar-refractivity contribution in [2.24, 2.45) is 0 Å². The van der Waals surface area contributed by atoms with Crippen LogP contribution in [-0.4, -0.2) is 49.2 Å². The first-order valence-electron chi connectivity index (χ1n) is 7.14. The van der Waals surface area contributed by atoms with Crippen LogP contribution in [0.2, 0.25) is 0 Å². The van der Waals surface area contributed by atoms with E-state index >= 15 is 0 Å². The summed E-state index contributed by atoms with van der Waals surface area (Å²) in [7, 11) is 3.96. The fourth-order valence-corrected chi connectivity index (χ4v) is 1.73. The number of rotatable bonds is 6. The normalized spacial score (nSPS) is 10.5. The lowest BCUT2D eigenvalue weighted by molar-refractivity contribution is 0.0943. The molecule has 0 saturated carbocycles. The van der Waals surface area contributed by atoms with Crippen LogP contribution in [0.3, 0.4) is 0 Å². The number of hydrogen-bond acceptors (Lipinski definition) is 4. The number of hydrazine groups is 1. The van der Waals surface area contributed by atoms with Crippen LogP contribution in [0.25, 0.3) is 0 Å². The van der Waals surface area contributed by atoms with E-state index in [0.717, 1.165) is 12.3 Å². The number of carbonyl (C=O) groups excluding carboxylic acids is 1. The summed E-state index contributed by atoms with van der Waals surface area (Å²) < 4.78 is 5.53. The molecule has 0 spiro atoms. The van der Waals surface area contributed by atoms with Crippen LogP contribution in [0, 0.1) is 0 Å². The molecule has 0 aromatic heterocycles. The highest BCUT2D eigenvalue weighted by Gasteiger charge is 2.06. The molecule has 6 nitrogen and oxygen atoms in total. The Labute approximate surface area is 137 Å². The molecule has 0 aliphatic heterocycles. The van der Waals surface area contributed by atoms with Gasteiger partial charge < -0.3 is 15.0 Å². The Morgan fingerprint density at radius 3 is 2.41 bits per heavy atom. The summed E-state index contributed by atoms with van der Waals surface area (Å²) in [6.07, 6.45) is 0.104. The number of thiocarbonyl (C=S) groups is 1. The van der Waals surface area contributed by atoms with Gasteiger partial charge in [-0.05, 0) is 64.4 Å². The van der Waals surface area contributed by atoms with Crippen LogP contribution in [0.1, 0.15) is 24.2 Å². The Morgan fingerprint density at radius 1 is 1.23 bits per heavy atom. The summed E-state index contributed by atoms with van der Waals surface area (Å²) in [6, 6.07) is 6.94. The lowest BCUT2D eigenvalue weighted by Gasteiger charge is -2.14. The lowest BCUT2D eigenvalue weighted by Crippen LogP contribution is -2.47. The first kappa shape index (κ1) is 18.2. The van der Waals surface area contributed by atoms with E-state index in [-0.39, 0.29) is 12.0 Å². The Bertz CT molecular complexity index is 489. The third kappa shape index (κ3) is 7.24. The predicted octanol–water partition coefficient (Wildman–Crippen LogP) is 1.14. The van der Waals surface area contributed by atoms with E-state index in [1.807, 2.05) is 32.8 Å². The summed E-state index contributed by atoms with van der Waals surface area (Å²) in [5, 5.41) is 3.38. The molecule has 1 aromatic carbocycles. The van der Waals surface area contributed by atoms with Crippen molar-refractivity contribution in [1.29, 1.82) is 0 Å². The quantitative estimate of drug-likeness (QED) is 0.539. The fourth-order valence-electron chi connectivity index (χ4n) is 1.58. The van der Waals surface area contributed by atoms with Gasteiger partial charge in [0.25, 0.3) is 5.91 Å². The lowest BCUT2D eigenvalue weighted by atomic mass is 10.2. The van der Waals surface area contributed by atoms with Gasteiger partial charge in [-0.1, -0.05) is 0 Å². The van der Waals surface area contributed by atoms with Crippen LogP contribution < -0.4 is 20.9 Å². The van der Waals surface area contributed by atoms with Crippen molar-refractivity contribution >= 4 is 23.2 Å². The molecule has 0 unspecified atom stereocenters. The first-order valence-corrected chi connectivity index (χ1v) is 7.55. The van der Waals surface area contributed by atoms with Gasteiger partial charge >= 0.3 is 0 Å². The van der Waals surface area contributed by atoms with E-state index in [1.165, 1.54) is 0 Å². The van der Waals surface area contributed by atoms with Crippen LogP contribution in [0.15, 0.2) is 24.3 Å². The van der Waals surface area contributed by atoms with Crippen molar-refractivity contribution < 1.29 is 9.53 Å². The van der Waals surface area contributed by atoms with Gasteiger partial charge in [-0.3, -0.25) is 15.6 Å². The van der Waals surface area contributed by atoms with E-state index in [4.69, 9.17) is 17.0 Å². The van der Waals surface area contributed by atoms with E-state index in [1.54, 1.807) is 24.3 Å². The highest BCUT2D eigenvalue weighted by Crippen LogP contribution is 2.13. The molecule has 0 fully saturated rings. The number of carbonyl (C=O) groups is 1. The molecule has 0 heterocycles. The number of benzene rings is 1. The molecule has 0 aliphatic carbocycles. The SMILES string of the molecule is CC(C)Oc1ccc(C(=O)NNC(=S)NCCN(C)C)cc1. The minimum atomic E-state index is -0.257. The van der Waals surface area contributed by atoms with E-state index in [0.29, 0.717) is 17.2 Å². The van der Waals surface area contributed by atoms with Gasteiger partial charge in [-0.25, -0.2) is 0 Å². The smallest absolute Gasteiger partial charge is 0.269 e. The zero-order valence-electron chi connectivity index (χ0n) is 13.5. The molecule has 22 heavy (non-hydrogen) atoms. The molecule has 1 rings (SSSR count). The molecule has 3 N–H and O–H groups in total.